The van der Waals surface area contributed by atoms with Crippen molar-refractivity contribution in [3.8, 4) is 0 Å². The summed E-state index contributed by atoms with van der Waals surface area (Å²) in [5.74, 6) is -1.03. The number of nitrogens with one attached hydrogen (secondary N) is 1. The molecule has 0 amide bonds. The Labute approximate surface area is 115 Å². The maximum atomic E-state index is 11.2. The van der Waals surface area contributed by atoms with Gasteiger partial charge in [0.05, 0.1) is 11.3 Å². The number of anilines is 3. The van der Waals surface area contributed by atoms with Gasteiger partial charge in [0.25, 0.3) is 0 Å². The average Bonchev–Trinajstić information content (AvgIpc) is 2.35. The van der Waals surface area contributed by atoms with Crippen LogP contribution in [0.1, 0.15) is 15.9 Å². The van der Waals surface area contributed by atoms with Crippen molar-refractivity contribution in [3.05, 3.63) is 52.5 Å². The fourth-order valence-corrected chi connectivity index (χ4v) is 1.89. The number of carboxylic acid groups (broad SMARTS) is 1. The number of halogens is 1. The van der Waals surface area contributed by atoms with E-state index in [4.69, 9.17) is 17.3 Å². The summed E-state index contributed by atoms with van der Waals surface area (Å²) in [6.45, 7) is 1.91. The smallest absolute Gasteiger partial charge is 0.337 e. The number of nitrogen functional groups attached to an aromatic ring is 1. The molecule has 0 aliphatic heterocycles. The van der Waals surface area contributed by atoms with Gasteiger partial charge in [-0.2, -0.15) is 0 Å². The second-order valence-electron chi connectivity index (χ2n) is 4.19. The second kappa shape index (κ2) is 5.20. The number of carboxylic acids is 1. The van der Waals surface area contributed by atoms with E-state index in [0.717, 1.165) is 11.3 Å². The van der Waals surface area contributed by atoms with E-state index >= 15 is 0 Å². The van der Waals surface area contributed by atoms with Gasteiger partial charge in [0.15, 0.2) is 0 Å². The van der Waals surface area contributed by atoms with Gasteiger partial charge in [-0.3, -0.25) is 0 Å². The largest absolute Gasteiger partial charge is 0.478 e. The number of hydrogen-bond acceptors (Lipinski definition) is 3. The highest BCUT2D eigenvalue weighted by atomic mass is 35.5. The van der Waals surface area contributed by atoms with Crippen LogP contribution in [0, 0.1) is 6.92 Å². The molecular weight excluding hydrogens is 264 g/mol. The summed E-state index contributed by atoms with van der Waals surface area (Å²) in [4.78, 5) is 11.2. The second-order valence-corrected chi connectivity index (χ2v) is 4.63. The highest BCUT2D eigenvalue weighted by Gasteiger charge is 2.11. The van der Waals surface area contributed by atoms with Crippen molar-refractivity contribution in [1.29, 1.82) is 0 Å². The lowest BCUT2D eigenvalue weighted by atomic mass is 10.1. The van der Waals surface area contributed by atoms with Crippen molar-refractivity contribution in [1.82, 2.24) is 0 Å². The Bertz CT molecular complexity index is 641. The van der Waals surface area contributed by atoms with Gasteiger partial charge in [-0.15, -0.1) is 0 Å². The van der Waals surface area contributed by atoms with Crippen LogP contribution in [0.3, 0.4) is 0 Å². The summed E-state index contributed by atoms with van der Waals surface area (Å²) in [7, 11) is 0. The minimum absolute atomic E-state index is 0.124. The monoisotopic (exact) mass is 276 g/mol. The standard InChI is InChI=1S/C14H13ClN2O2/c1-8-2-3-9(15)6-13(8)17-12-5-4-10(16)7-11(12)14(18)19/h2-7,17H,16H2,1H3,(H,18,19). The molecule has 0 bridgehead atoms. The van der Waals surface area contributed by atoms with Gasteiger partial charge in [-0.25, -0.2) is 4.79 Å². The lowest BCUT2D eigenvalue weighted by Gasteiger charge is -2.12. The summed E-state index contributed by atoms with van der Waals surface area (Å²) in [5, 5.41) is 12.8. The Morgan fingerprint density at radius 2 is 1.95 bits per heavy atom. The molecule has 5 heteroatoms. The lowest BCUT2D eigenvalue weighted by molar-refractivity contribution is 0.0698. The topological polar surface area (TPSA) is 75.3 Å². The molecule has 0 aliphatic rings. The molecule has 2 rings (SSSR count). The van der Waals surface area contributed by atoms with E-state index in [1.54, 1.807) is 24.3 Å². The fourth-order valence-electron chi connectivity index (χ4n) is 1.72. The van der Waals surface area contributed by atoms with Gasteiger partial charge in [-0.05, 0) is 42.8 Å². The Kier molecular flexibility index (Phi) is 3.62. The quantitative estimate of drug-likeness (QED) is 0.748. The fraction of sp³-hybridized carbons (Fsp3) is 0.0714. The molecule has 0 saturated carbocycles. The molecule has 0 atom stereocenters. The van der Waals surface area contributed by atoms with Gasteiger partial charge in [-0.1, -0.05) is 17.7 Å². The predicted molar refractivity (Wildman–Crippen MR) is 77.3 cm³/mol. The van der Waals surface area contributed by atoms with Crippen molar-refractivity contribution >= 4 is 34.6 Å². The van der Waals surface area contributed by atoms with Crippen LogP contribution in [0.25, 0.3) is 0 Å². The van der Waals surface area contributed by atoms with Crippen molar-refractivity contribution in [2.75, 3.05) is 11.1 Å². The molecular formula is C14H13ClN2O2. The van der Waals surface area contributed by atoms with E-state index in [2.05, 4.69) is 5.32 Å². The van der Waals surface area contributed by atoms with Crippen molar-refractivity contribution < 1.29 is 9.90 Å². The van der Waals surface area contributed by atoms with Crippen molar-refractivity contribution in [3.63, 3.8) is 0 Å². The first-order chi connectivity index (χ1) is 8.97. The third-order valence-electron chi connectivity index (χ3n) is 2.74. The summed E-state index contributed by atoms with van der Waals surface area (Å²) < 4.78 is 0. The number of benzene rings is 2. The number of hydrogen-bond donors (Lipinski definition) is 3. The minimum atomic E-state index is -1.03. The lowest BCUT2D eigenvalue weighted by Crippen LogP contribution is -2.04. The molecule has 4 nitrogen and oxygen atoms in total. The number of nitrogens with two attached hydrogens (primary N) is 1. The van der Waals surface area contributed by atoms with Crippen LogP contribution >= 0.6 is 11.6 Å². The highest BCUT2D eigenvalue weighted by molar-refractivity contribution is 6.30. The molecule has 0 heterocycles. The van der Waals surface area contributed by atoms with E-state index in [1.807, 2.05) is 13.0 Å². The molecule has 0 radical (unpaired) electrons. The molecule has 0 aliphatic carbocycles. The minimum Gasteiger partial charge on any atom is -0.478 e. The van der Waals surface area contributed by atoms with E-state index in [-0.39, 0.29) is 5.56 Å². The van der Waals surface area contributed by atoms with Crippen LogP contribution in [0.5, 0.6) is 0 Å². The van der Waals surface area contributed by atoms with Crippen molar-refractivity contribution in [2.45, 2.75) is 6.92 Å². The van der Waals surface area contributed by atoms with E-state index < -0.39 is 5.97 Å². The Balaban J connectivity index is 2.43. The zero-order valence-corrected chi connectivity index (χ0v) is 11.0. The molecule has 0 spiro atoms. The number of carbonyl (C=O) groups is 1. The van der Waals surface area contributed by atoms with Gasteiger partial charge >= 0.3 is 5.97 Å². The van der Waals surface area contributed by atoms with Crippen LogP contribution in [0.2, 0.25) is 5.02 Å². The van der Waals surface area contributed by atoms with Crippen LogP contribution in [-0.4, -0.2) is 11.1 Å². The maximum absolute atomic E-state index is 11.2. The molecule has 2 aromatic rings. The SMILES string of the molecule is Cc1ccc(Cl)cc1Nc1ccc(N)cc1C(=O)O. The average molecular weight is 277 g/mol. The van der Waals surface area contributed by atoms with Crippen molar-refractivity contribution in [2.24, 2.45) is 0 Å². The Hall–Kier alpha value is -2.20. The van der Waals surface area contributed by atoms with Gasteiger partial charge in [0.1, 0.15) is 0 Å². The number of rotatable bonds is 3. The number of aryl methyl sites for hydroxylation is 1. The zero-order valence-electron chi connectivity index (χ0n) is 10.3. The summed E-state index contributed by atoms with van der Waals surface area (Å²) in [6, 6.07) is 10.1. The predicted octanol–water partition coefficient (Wildman–Crippen LogP) is 3.67. The van der Waals surface area contributed by atoms with Gasteiger partial charge < -0.3 is 16.2 Å². The van der Waals surface area contributed by atoms with Gasteiger partial charge in [0.2, 0.25) is 0 Å². The van der Waals surface area contributed by atoms with Gasteiger partial charge in [0, 0.05) is 16.4 Å². The van der Waals surface area contributed by atoms with E-state index in [9.17, 15) is 9.90 Å². The summed E-state index contributed by atoms with van der Waals surface area (Å²) >= 11 is 5.93. The molecule has 98 valence electrons. The first-order valence-electron chi connectivity index (χ1n) is 5.63. The van der Waals surface area contributed by atoms with E-state index in [0.29, 0.717) is 16.4 Å². The Morgan fingerprint density at radius 1 is 1.21 bits per heavy atom. The third-order valence-corrected chi connectivity index (χ3v) is 2.98. The van der Waals surface area contributed by atoms with Crippen LogP contribution in [0.15, 0.2) is 36.4 Å². The molecule has 2 aromatic carbocycles. The van der Waals surface area contributed by atoms with Crippen LogP contribution in [0.4, 0.5) is 17.1 Å². The first-order valence-corrected chi connectivity index (χ1v) is 6.01. The molecule has 19 heavy (non-hydrogen) atoms. The molecule has 0 fully saturated rings. The summed E-state index contributed by atoms with van der Waals surface area (Å²) in [6.07, 6.45) is 0. The van der Waals surface area contributed by atoms with E-state index in [1.165, 1.54) is 6.07 Å². The zero-order chi connectivity index (χ0) is 14.0. The molecule has 0 unspecified atom stereocenters. The normalized spacial score (nSPS) is 10.2. The number of aromatic carboxylic acids is 1. The third kappa shape index (κ3) is 2.98. The maximum Gasteiger partial charge on any atom is 0.337 e. The highest BCUT2D eigenvalue weighted by Crippen LogP contribution is 2.27. The Morgan fingerprint density at radius 3 is 2.63 bits per heavy atom. The van der Waals surface area contributed by atoms with Crippen LogP contribution < -0.4 is 11.1 Å². The molecule has 0 aromatic heterocycles. The van der Waals surface area contributed by atoms with Crippen LogP contribution in [-0.2, 0) is 0 Å². The summed E-state index contributed by atoms with van der Waals surface area (Å²) in [5.41, 5.74) is 8.35. The first kappa shape index (κ1) is 13.2. The molecule has 0 saturated heterocycles. The molecule has 4 N–H and O–H groups in total.